The van der Waals surface area contributed by atoms with Gasteiger partial charge in [-0.3, -0.25) is 9.59 Å². The third-order valence-corrected chi connectivity index (χ3v) is 12.5. The van der Waals surface area contributed by atoms with Gasteiger partial charge in [0.2, 0.25) is 0 Å². The molecule has 0 amide bonds. The fourth-order valence-electron chi connectivity index (χ4n) is 7.90. The van der Waals surface area contributed by atoms with E-state index in [1.165, 1.54) is 89.9 Å². The van der Waals surface area contributed by atoms with Crippen LogP contribution in [0.3, 0.4) is 0 Å². The summed E-state index contributed by atoms with van der Waals surface area (Å²) in [7, 11) is 5.91. The van der Waals surface area contributed by atoms with Crippen LogP contribution in [0.5, 0.6) is 0 Å². The summed E-state index contributed by atoms with van der Waals surface area (Å²) >= 11 is 0. The zero-order valence-corrected chi connectivity index (χ0v) is 48.6. The van der Waals surface area contributed by atoms with Gasteiger partial charge in [0.05, 0.1) is 40.3 Å². The van der Waals surface area contributed by atoms with Crippen LogP contribution in [-0.2, 0) is 33.3 Å². The van der Waals surface area contributed by atoms with Gasteiger partial charge in [0, 0.05) is 12.8 Å². The van der Waals surface area contributed by atoms with Gasteiger partial charge in [-0.25, -0.2) is 0 Å². The first kappa shape index (κ1) is 71.0. The molecule has 9 nitrogen and oxygen atoms in total. The summed E-state index contributed by atoms with van der Waals surface area (Å²) in [5.74, 6) is -2.31. The van der Waals surface area contributed by atoms with Crippen molar-refractivity contribution in [3.63, 3.8) is 0 Å². The normalized spacial score (nSPS) is 13.6. The van der Waals surface area contributed by atoms with Crippen LogP contribution in [0.15, 0.2) is 109 Å². The van der Waals surface area contributed by atoms with E-state index in [9.17, 15) is 19.5 Å². The Labute approximate surface area is 460 Å². The minimum atomic E-state index is -1.63. The summed E-state index contributed by atoms with van der Waals surface area (Å²) in [5.41, 5.74) is 0. The van der Waals surface area contributed by atoms with E-state index in [1.54, 1.807) is 0 Å². The van der Waals surface area contributed by atoms with Crippen LogP contribution in [0.1, 0.15) is 232 Å². The van der Waals surface area contributed by atoms with Crippen molar-refractivity contribution in [3.8, 4) is 0 Å². The number of esters is 2. The molecule has 428 valence electrons. The fraction of sp³-hybridized carbons (Fsp3) is 0.682. The molecule has 0 aromatic heterocycles. The Balaban J connectivity index is 4.30. The molecule has 0 heterocycles. The van der Waals surface area contributed by atoms with Gasteiger partial charge in [-0.05, 0) is 103 Å². The van der Waals surface area contributed by atoms with Crippen molar-refractivity contribution in [2.24, 2.45) is 0 Å². The van der Waals surface area contributed by atoms with Gasteiger partial charge in [-0.1, -0.05) is 226 Å². The maximum absolute atomic E-state index is 12.9. The standard InChI is InChI=1S/C66H111NO8/c1-6-8-10-12-14-16-18-20-22-24-26-27-28-29-30-31-32-33-34-35-36-37-39-41-43-45-47-49-51-53-55-57-64(69)75-62(61-74-66(65(70)71)72-59-58-67(3,4)5)60-73-63(68)56-54-52-50-48-46-44-42-40-38-25-23-21-19-17-15-13-11-9-7-2/h8,10,14,16,20-23,26-27,29-30,32-33,35-36,39,41,62,66H,6-7,9,11-13,15,17-19,24-25,28,31,34,37-38,40,42-61H2,1-5H3/b10-8-,16-14-,22-20-,23-21-,27-26-,30-29-,33-32-,36-35-,41-39-. The highest BCUT2D eigenvalue weighted by atomic mass is 16.7. The average Bonchev–Trinajstić information content (AvgIpc) is 3.38. The maximum Gasteiger partial charge on any atom is 0.306 e. The zero-order valence-electron chi connectivity index (χ0n) is 48.6. The molecule has 0 aromatic carbocycles. The van der Waals surface area contributed by atoms with E-state index in [0.29, 0.717) is 17.4 Å². The van der Waals surface area contributed by atoms with Gasteiger partial charge in [0.15, 0.2) is 12.4 Å². The predicted octanol–water partition coefficient (Wildman–Crippen LogP) is 16.6. The molecule has 0 aromatic rings. The van der Waals surface area contributed by atoms with Crippen LogP contribution in [0.2, 0.25) is 0 Å². The van der Waals surface area contributed by atoms with E-state index in [1.807, 2.05) is 21.1 Å². The highest BCUT2D eigenvalue weighted by Crippen LogP contribution is 2.15. The van der Waals surface area contributed by atoms with Crippen molar-refractivity contribution in [1.29, 1.82) is 0 Å². The lowest BCUT2D eigenvalue weighted by Crippen LogP contribution is -2.44. The third-order valence-electron chi connectivity index (χ3n) is 12.5. The molecular weight excluding hydrogens is 935 g/mol. The lowest BCUT2D eigenvalue weighted by molar-refractivity contribution is -0.870. The number of likely N-dealkylation sites (N-methyl/N-ethyl adjacent to an activating group) is 1. The fourth-order valence-corrected chi connectivity index (χ4v) is 7.90. The number of allylic oxidation sites excluding steroid dienone is 18. The van der Waals surface area contributed by atoms with Gasteiger partial charge >= 0.3 is 11.9 Å². The minimum Gasteiger partial charge on any atom is -0.545 e. The molecule has 0 saturated heterocycles. The first-order chi connectivity index (χ1) is 36.6. The number of carbonyl (C=O) groups excluding carboxylic acids is 3. The lowest BCUT2D eigenvalue weighted by Gasteiger charge is -2.26. The van der Waals surface area contributed by atoms with Gasteiger partial charge in [-0.2, -0.15) is 0 Å². The van der Waals surface area contributed by atoms with Gasteiger partial charge in [0.25, 0.3) is 0 Å². The summed E-state index contributed by atoms with van der Waals surface area (Å²) in [6.07, 6.45) is 74.2. The lowest BCUT2D eigenvalue weighted by atomic mass is 10.1. The summed E-state index contributed by atoms with van der Waals surface area (Å²) in [6, 6.07) is 0. The Hall–Kier alpha value is -4.05. The Morgan fingerprint density at radius 2 is 0.760 bits per heavy atom. The number of hydrogen-bond donors (Lipinski definition) is 0. The molecule has 0 aliphatic carbocycles. The number of hydrogen-bond acceptors (Lipinski definition) is 8. The highest BCUT2D eigenvalue weighted by molar-refractivity contribution is 5.70. The second-order valence-corrected chi connectivity index (χ2v) is 20.9. The second-order valence-electron chi connectivity index (χ2n) is 20.9. The summed E-state index contributed by atoms with van der Waals surface area (Å²) in [4.78, 5) is 37.3. The molecule has 0 aliphatic heterocycles. The molecule has 75 heavy (non-hydrogen) atoms. The molecule has 0 N–H and O–H groups in total. The number of carboxylic acid groups (broad SMARTS) is 1. The number of nitrogens with zero attached hydrogens (tertiary/aromatic N) is 1. The number of carbonyl (C=O) groups is 3. The molecule has 0 fully saturated rings. The van der Waals surface area contributed by atoms with Crippen molar-refractivity contribution in [2.75, 3.05) is 47.5 Å². The Kier molecular flexibility index (Phi) is 53.1. The number of quaternary nitrogens is 1. The van der Waals surface area contributed by atoms with Gasteiger partial charge in [-0.15, -0.1) is 0 Å². The molecule has 2 unspecified atom stereocenters. The Morgan fingerprint density at radius 3 is 1.15 bits per heavy atom. The molecule has 0 spiro atoms. The van der Waals surface area contributed by atoms with E-state index >= 15 is 0 Å². The minimum absolute atomic E-state index is 0.139. The predicted molar refractivity (Wildman–Crippen MR) is 315 cm³/mol. The van der Waals surface area contributed by atoms with Crippen LogP contribution in [0.25, 0.3) is 0 Å². The number of carboxylic acids is 1. The molecule has 0 bridgehead atoms. The average molecular weight is 1050 g/mol. The van der Waals surface area contributed by atoms with Crippen molar-refractivity contribution >= 4 is 17.9 Å². The number of aliphatic carboxylic acids is 1. The van der Waals surface area contributed by atoms with Crippen molar-refractivity contribution < 1.29 is 42.9 Å². The van der Waals surface area contributed by atoms with Crippen LogP contribution in [-0.4, -0.2) is 82.3 Å². The maximum atomic E-state index is 12.9. The smallest absolute Gasteiger partial charge is 0.306 e. The first-order valence-corrected chi connectivity index (χ1v) is 30.0. The molecule has 2 atom stereocenters. The van der Waals surface area contributed by atoms with Gasteiger partial charge in [0.1, 0.15) is 13.2 Å². The molecule has 0 aliphatic rings. The summed E-state index contributed by atoms with van der Waals surface area (Å²) < 4.78 is 22.7. The zero-order chi connectivity index (χ0) is 54.8. The summed E-state index contributed by atoms with van der Waals surface area (Å²) in [5, 5.41) is 11.8. The van der Waals surface area contributed by atoms with Crippen LogP contribution in [0.4, 0.5) is 0 Å². The molecule has 0 radical (unpaired) electrons. The monoisotopic (exact) mass is 1050 g/mol. The Bertz CT molecular complexity index is 1590. The van der Waals surface area contributed by atoms with Crippen LogP contribution >= 0.6 is 0 Å². The van der Waals surface area contributed by atoms with Crippen molar-refractivity contribution in [2.45, 2.75) is 245 Å². The third kappa shape index (κ3) is 57.5. The van der Waals surface area contributed by atoms with E-state index < -0.39 is 24.3 Å². The molecular formula is C66H111NO8. The van der Waals surface area contributed by atoms with Crippen molar-refractivity contribution in [1.82, 2.24) is 0 Å². The topological polar surface area (TPSA) is 111 Å². The quantitative estimate of drug-likeness (QED) is 0.0195. The molecule has 0 rings (SSSR count). The van der Waals surface area contributed by atoms with Gasteiger partial charge < -0.3 is 33.3 Å². The van der Waals surface area contributed by atoms with E-state index in [2.05, 4.69) is 123 Å². The largest absolute Gasteiger partial charge is 0.545 e. The first-order valence-electron chi connectivity index (χ1n) is 30.0. The van der Waals surface area contributed by atoms with Crippen LogP contribution < -0.4 is 5.11 Å². The van der Waals surface area contributed by atoms with E-state index in [-0.39, 0.29) is 38.6 Å². The van der Waals surface area contributed by atoms with Crippen molar-refractivity contribution in [3.05, 3.63) is 109 Å². The van der Waals surface area contributed by atoms with E-state index in [4.69, 9.17) is 18.9 Å². The summed E-state index contributed by atoms with van der Waals surface area (Å²) in [6.45, 7) is 4.61. The highest BCUT2D eigenvalue weighted by Gasteiger charge is 2.22. The van der Waals surface area contributed by atoms with E-state index in [0.717, 1.165) is 109 Å². The number of ether oxygens (including phenoxy) is 4. The second kappa shape index (κ2) is 56.2. The Morgan fingerprint density at radius 1 is 0.413 bits per heavy atom. The molecule has 9 heteroatoms. The molecule has 0 saturated carbocycles. The SMILES string of the molecule is CC/C=C\C/C=C\C/C=C\C/C=C\C/C=C\C/C=C\C/C=C\C/C=C\CCCCCCCCC(=O)OC(COC(=O)CCCCCCCCCCC/C=C\CCCCCCCC)COC(OCC[N+](C)(C)C)C(=O)[O-]. The van der Waals surface area contributed by atoms with Crippen LogP contribution in [0, 0.1) is 0 Å². The number of rotatable bonds is 54. The number of unbranched alkanes of at least 4 members (excludes halogenated alkanes) is 21.